The van der Waals surface area contributed by atoms with E-state index in [1.54, 1.807) is 11.9 Å². The number of aryl methyl sites for hydroxylation is 1. The van der Waals surface area contributed by atoms with Crippen molar-refractivity contribution in [3.8, 4) is 0 Å². The molecule has 0 aliphatic rings. The van der Waals surface area contributed by atoms with E-state index in [9.17, 15) is 0 Å². The maximum absolute atomic E-state index is 3.51. The predicted octanol–water partition coefficient (Wildman–Crippen LogP) is 5.85. The molecule has 4 heteroatoms. The topological polar surface area (TPSA) is 31.1 Å². The molecule has 3 aromatic carbocycles. The first-order valence-corrected chi connectivity index (χ1v) is 10.1. The minimum absolute atomic E-state index is 1.05. The van der Waals surface area contributed by atoms with Gasteiger partial charge in [0, 0.05) is 34.2 Å². The van der Waals surface area contributed by atoms with E-state index in [0.717, 1.165) is 18.7 Å². The third-order valence-corrected chi connectivity index (χ3v) is 5.78. The zero-order valence-electron chi connectivity index (χ0n) is 16.0. The van der Waals surface area contributed by atoms with Gasteiger partial charge in [0.05, 0.1) is 0 Å². The molecule has 0 unspecified atom stereocenters. The Hall–Kier alpha value is -2.43. The second-order valence-corrected chi connectivity index (χ2v) is 8.17. The Labute approximate surface area is 164 Å². The summed E-state index contributed by atoms with van der Waals surface area (Å²) in [5.41, 5.74) is 5.01. The highest BCUT2D eigenvalue weighted by Crippen LogP contribution is 2.29. The van der Waals surface area contributed by atoms with Crippen LogP contribution in [0.25, 0.3) is 21.7 Å². The minimum Gasteiger partial charge on any atom is -0.361 e. The van der Waals surface area contributed by atoms with Gasteiger partial charge in [0.15, 0.2) is 0 Å². The van der Waals surface area contributed by atoms with Crippen molar-refractivity contribution in [2.75, 3.05) is 25.4 Å². The summed E-state index contributed by atoms with van der Waals surface area (Å²) < 4.78 is 3.51. The Bertz CT molecular complexity index is 1080. The fraction of sp³-hybridized carbons (Fsp3) is 0.217. The Balaban J connectivity index is 1.52. The Morgan fingerprint density at radius 1 is 1.00 bits per heavy atom. The third-order valence-electron chi connectivity index (χ3n) is 4.95. The molecule has 2 N–H and O–H groups in total. The van der Waals surface area contributed by atoms with E-state index >= 15 is 0 Å². The number of benzene rings is 3. The molecule has 0 aliphatic carbocycles. The van der Waals surface area contributed by atoms with Gasteiger partial charge in [0.25, 0.3) is 0 Å². The molecule has 4 rings (SSSR count). The van der Waals surface area contributed by atoms with Gasteiger partial charge in [-0.25, -0.2) is 0 Å². The zero-order chi connectivity index (χ0) is 18.8. The van der Waals surface area contributed by atoms with Crippen LogP contribution in [0.3, 0.4) is 0 Å². The number of rotatable bonds is 6. The number of aromatic nitrogens is 1. The lowest BCUT2D eigenvalue weighted by Crippen LogP contribution is -2.14. The molecule has 0 amide bonds. The molecule has 0 atom stereocenters. The van der Waals surface area contributed by atoms with Crippen molar-refractivity contribution < 1.29 is 0 Å². The van der Waals surface area contributed by atoms with E-state index in [-0.39, 0.29) is 0 Å². The van der Waals surface area contributed by atoms with Gasteiger partial charge in [-0.15, -0.1) is 0 Å². The molecule has 0 spiro atoms. The largest absolute Gasteiger partial charge is 0.361 e. The number of aromatic amines is 1. The summed E-state index contributed by atoms with van der Waals surface area (Å²) in [4.78, 5) is 6.82. The highest BCUT2D eigenvalue weighted by atomic mass is 32.2. The lowest BCUT2D eigenvalue weighted by molar-refractivity contribution is 0.414. The molecule has 0 radical (unpaired) electrons. The average Bonchev–Trinajstić information content (AvgIpc) is 3.07. The van der Waals surface area contributed by atoms with Crippen molar-refractivity contribution in [3.63, 3.8) is 0 Å². The van der Waals surface area contributed by atoms with Crippen molar-refractivity contribution in [1.82, 2.24) is 9.88 Å². The third kappa shape index (κ3) is 3.97. The Morgan fingerprint density at radius 2 is 1.89 bits per heavy atom. The van der Waals surface area contributed by atoms with Crippen LogP contribution in [0.15, 0.2) is 65.7 Å². The first-order valence-electron chi connectivity index (χ1n) is 9.27. The standard InChI is InChI=1S/C23H25N3S/c1-16-5-4-6-17-13-20(8-9-21(16)17)27-25-19-7-10-23-22(14-19)18(15-24-23)11-12-26(2)3/h4-10,13-15,24-25H,11-12H2,1-3H3. The van der Waals surface area contributed by atoms with Crippen LogP contribution in [-0.4, -0.2) is 30.5 Å². The van der Waals surface area contributed by atoms with Gasteiger partial charge in [0.1, 0.15) is 0 Å². The number of likely N-dealkylation sites (N-methyl/N-ethyl adjacent to an activating group) is 1. The van der Waals surface area contributed by atoms with Crippen molar-refractivity contribution in [3.05, 3.63) is 71.9 Å². The minimum atomic E-state index is 1.05. The van der Waals surface area contributed by atoms with Gasteiger partial charge in [-0.05, 0) is 91.6 Å². The number of hydrogen-bond donors (Lipinski definition) is 2. The van der Waals surface area contributed by atoms with E-state index in [1.807, 2.05) is 0 Å². The molecule has 138 valence electrons. The molecule has 0 saturated heterocycles. The highest BCUT2D eigenvalue weighted by molar-refractivity contribution is 8.00. The molecular formula is C23H25N3S. The number of hydrogen-bond acceptors (Lipinski definition) is 3. The van der Waals surface area contributed by atoms with Crippen LogP contribution in [-0.2, 0) is 6.42 Å². The first-order chi connectivity index (χ1) is 13.1. The average molecular weight is 376 g/mol. The van der Waals surface area contributed by atoms with Crippen LogP contribution in [0, 0.1) is 6.92 Å². The molecule has 27 heavy (non-hydrogen) atoms. The monoisotopic (exact) mass is 375 g/mol. The van der Waals surface area contributed by atoms with Crippen molar-refractivity contribution in [2.24, 2.45) is 0 Å². The lowest BCUT2D eigenvalue weighted by atomic mass is 10.1. The van der Waals surface area contributed by atoms with Crippen LogP contribution in [0.5, 0.6) is 0 Å². The zero-order valence-corrected chi connectivity index (χ0v) is 16.9. The Morgan fingerprint density at radius 3 is 2.74 bits per heavy atom. The summed E-state index contributed by atoms with van der Waals surface area (Å²) in [7, 11) is 4.23. The molecule has 3 nitrogen and oxygen atoms in total. The van der Waals surface area contributed by atoms with Crippen LogP contribution >= 0.6 is 11.9 Å². The van der Waals surface area contributed by atoms with Crippen LogP contribution in [0.2, 0.25) is 0 Å². The molecule has 0 bridgehead atoms. The summed E-state index contributed by atoms with van der Waals surface area (Å²) in [6.45, 7) is 3.21. The van der Waals surface area contributed by atoms with Gasteiger partial charge in [-0.3, -0.25) is 0 Å². The van der Waals surface area contributed by atoms with Crippen molar-refractivity contribution in [1.29, 1.82) is 0 Å². The van der Waals surface area contributed by atoms with Crippen LogP contribution in [0.4, 0.5) is 5.69 Å². The second kappa shape index (κ2) is 7.67. The number of nitrogens with zero attached hydrogens (tertiary/aromatic N) is 1. The highest BCUT2D eigenvalue weighted by Gasteiger charge is 2.06. The molecule has 0 saturated carbocycles. The van der Waals surface area contributed by atoms with Crippen LogP contribution < -0.4 is 4.72 Å². The SMILES string of the molecule is Cc1cccc2cc(SNc3ccc4[nH]cc(CCN(C)C)c4c3)ccc12. The van der Waals surface area contributed by atoms with Crippen LogP contribution in [0.1, 0.15) is 11.1 Å². The van der Waals surface area contributed by atoms with E-state index < -0.39 is 0 Å². The predicted molar refractivity (Wildman–Crippen MR) is 119 cm³/mol. The van der Waals surface area contributed by atoms with Gasteiger partial charge in [0.2, 0.25) is 0 Å². The summed E-state index contributed by atoms with van der Waals surface area (Å²) in [5.74, 6) is 0. The van der Waals surface area contributed by atoms with Gasteiger partial charge < -0.3 is 14.6 Å². The molecule has 0 fully saturated rings. The first kappa shape index (κ1) is 18.0. The normalized spacial score (nSPS) is 11.6. The maximum atomic E-state index is 3.51. The molecular weight excluding hydrogens is 350 g/mol. The van der Waals surface area contributed by atoms with E-state index in [1.165, 1.54) is 37.7 Å². The molecule has 1 aromatic heterocycles. The second-order valence-electron chi connectivity index (χ2n) is 7.29. The van der Waals surface area contributed by atoms with E-state index in [4.69, 9.17) is 0 Å². The fourth-order valence-corrected chi connectivity index (χ4v) is 4.08. The van der Waals surface area contributed by atoms with E-state index in [0.29, 0.717) is 0 Å². The van der Waals surface area contributed by atoms with E-state index in [2.05, 4.69) is 96.4 Å². The summed E-state index contributed by atoms with van der Waals surface area (Å²) in [5, 5.41) is 3.91. The number of nitrogens with one attached hydrogen (secondary N) is 2. The quantitative estimate of drug-likeness (QED) is 0.414. The summed E-state index contributed by atoms with van der Waals surface area (Å²) >= 11 is 1.66. The lowest BCUT2D eigenvalue weighted by Gasteiger charge is -2.10. The van der Waals surface area contributed by atoms with Gasteiger partial charge >= 0.3 is 0 Å². The van der Waals surface area contributed by atoms with Gasteiger partial charge in [-0.2, -0.15) is 0 Å². The van der Waals surface area contributed by atoms with Crippen molar-refractivity contribution >= 4 is 39.3 Å². The Kier molecular flexibility index (Phi) is 5.10. The molecule has 0 aliphatic heterocycles. The van der Waals surface area contributed by atoms with Gasteiger partial charge in [-0.1, -0.05) is 24.3 Å². The fourth-order valence-electron chi connectivity index (χ4n) is 3.40. The summed E-state index contributed by atoms with van der Waals surface area (Å²) in [6.07, 6.45) is 3.18. The molecule has 1 heterocycles. The summed E-state index contributed by atoms with van der Waals surface area (Å²) in [6, 6.07) is 19.6. The maximum Gasteiger partial charge on any atom is 0.0458 e. The number of H-pyrrole nitrogens is 1. The van der Waals surface area contributed by atoms with Crippen molar-refractivity contribution in [2.45, 2.75) is 18.2 Å². The number of fused-ring (bicyclic) bond motifs is 2. The smallest absolute Gasteiger partial charge is 0.0458 e. The molecule has 4 aromatic rings. The number of anilines is 1.